The van der Waals surface area contributed by atoms with Gasteiger partial charge in [0.1, 0.15) is 0 Å². The van der Waals surface area contributed by atoms with Crippen molar-refractivity contribution in [2.24, 2.45) is 5.92 Å². The second-order valence-corrected chi connectivity index (χ2v) is 7.61. The lowest BCUT2D eigenvalue weighted by Crippen LogP contribution is -2.26. The minimum Gasteiger partial charge on any atom is -0.394 e. The summed E-state index contributed by atoms with van der Waals surface area (Å²) in [7, 11) is 0. The van der Waals surface area contributed by atoms with E-state index in [0.717, 1.165) is 42.8 Å². The van der Waals surface area contributed by atoms with Gasteiger partial charge in [0.05, 0.1) is 19.0 Å². The molecule has 27 heavy (non-hydrogen) atoms. The number of hydrogen-bond acceptors (Lipinski definition) is 6. The van der Waals surface area contributed by atoms with Gasteiger partial charge in [-0.1, -0.05) is 19.1 Å². The molecular weight excluding hydrogens is 340 g/mol. The number of imidazole rings is 1. The number of aliphatic hydroxyl groups excluding tert-OH is 1. The third-order valence-electron chi connectivity index (χ3n) is 5.52. The molecule has 2 aliphatic rings. The first-order chi connectivity index (χ1) is 13.1. The van der Waals surface area contributed by atoms with E-state index in [0.29, 0.717) is 11.9 Å². The number of allylic oxidation sites excluding steroid dienone is 4. The van der Waals surface area contributed by atoms with E-state index in [-0.39, 0.29) is 18.7 Å². The molecule has 2 N–H and O–H groups in total. The SMILES string of the molecule is CC[C@H](CO)Nc1nc(N2CCC3CC=CC=C32)c2ncn(C(C)C)c2n1. The lowest BCUT2D eigenvalue weighted by molar-refractivity contribution is 0.271. The van der Waals surface area contributed by atoms with Gasteiger partial charge in [0.25, 0.3) is 0 Å². The van der Waals surface area contributed by atoms with Crippen molar-refractivity contribution in [3.63, 3.8) is 0 Å². The summed E-state index contributed by atoms with van der Waals surface area (Å²) in [6.45, 7) is 7.28. The van der Waals surface area contributed by atoms with Gasteiger partial charge in [0.2, 0.25) is 5.95 Å². The molecule has 0 radical (unpaired) electrons. The monoisotopic (exact) mass is 368 g/mol. The van der Waals surface area contributed by atoms with Gasteiger partial charge < -0.3 is 19.9 Å². The molecule has 0 aromatic carbocycles. The van der Waals surface area contributed by atoms with E-state index in [1.165, 1.54) is 5.70 Å². The standard InChI is InChI=1S/C20H28N6O/c1-4-15(11-27)22-20-23-18(17-19(24-20)26(12-21-17)13(2)3)25-10-9-14-7-5-6-8-16(14)25/h5-6,8,12-15,27H,4,7,9-11H2,1-3H3,(H,22,23,24)/t14?,15-/m1/s1. The van der Waals surface area contributed by atoms with Crippen LogP contribution in [0.1, 0.15) is 46.1 Å². The van der Waals surface area contributed by atoms with Crippen LogP contribution >= 0.6 is 0 Å². The van der Waals surface area contributed by atoms with E-state index < -0.39 is 0 Å². The van der Waals surface area contributed by atoms with E-state index in [9.17, 15) is 5.11 Å². The normalized spacial score (nSPS) is 20.3. The highest BCUT2D eigenvalue weighted by Crippen LogP contribution is 2.39. The largest absolute Gasteiger partial charge is 0.394 e. The summed E-state index contributed by atoms with van der Waals surface area (Å²) in [5.74, 6) is 1.97. The van der Waals surface area contributed by atoms with Gasteiger partial charge in [-0.15, -0.1) is 0 Å². The average molecular weight is 368 g/mol. The molecule has 3 heterocycles. The Morgan fingerprint density at radius 2 is 2.19 bits per heavy atom. The predicted molar refractivity (Wildman–Crippen MR) is 108 cm³/mol. The number of anilines is 2. The van der Waals surface area contributed by atoms with E-state index >= 15 is 0 Å². The van der Waals surface area contributed by atoms with Gasteiger partial charge in [0, 0.05) is 24.2 Å². The van der Waals surface area contributed by atoms with Crippen molar-refractivity contribution in [3.8, 4) is 0 Å². The van der Waals surface area contributed by atoms with Gasteiger partial charge >= 0.3 is 0 Å². The van der Waals surface area contributed by atoms with Gasteiger partial charge in [0.15, 0.2) is 17.0 Å². The van der Waals surface area contributed by atoms with Crippen LogP contribution in [0.3, 0.4) is 0 Å². The Bertz CT molecular complexity index is 880. The third-order valence-corrected chi connectivity index (χ3v) is 5.52. The van der Waals surface area contributed by atoms with Crippen LogP contribution in [-0.4, -0.2) is 43.8 Å². The minimum absolute atomic E-state index is 0.0540. The fraction of sp³-hybridized carbons (Fsp3) is 0.550. The van der Waals surface area contributed by atoms with Crippen molar-refractivity contribution in [1.82, 2.24) is 19.5 Å². The van der Waals surface area contributed by atoms with Crippen molar-refractivity contribution in [3.05, 3.63) is 30.3 Å². The molecular formula is C20H28N6O. The predicted octanol–water partition coefficient (Wildman–Crippen LogP) is 3.26. The lowest BCUT2D eigenvalue weighted by Gasteiger charge is -2.24. The summed E-state index contributed by atoms with van der Waals surface area (Å²) >= 11 is 0. The summed E-state index contributed by atoms with van der Waals surface area (Å²) in [4.78, 5) is 16.5. The van der Waals surface area contributed by atoms with Crippen LogP contribution in [-0.2, 0) is 0 Å². The number of hydrogen-bond donors (Lipinski definition) is 2. The topological polar surface area (TPSA) is 79.1 Å². The summed E-state index contributed by atoms with van der Waals surface area (Å²) < 4.78 is 2.08. The fourth-order valence-electron chi connectivity index (χ4n) is 3.88. The number of rotatable bonds is 6. The molecule has 144 valence electrons. The Kier molecular flexibility index (Phi) is 4.86. The third kappa shape index (κ3) is 3.20. The molecule has 1 unspecified atom stereocenters. The molecule has 0 spiro atoms. The van der Waals surface area contributed by atoms with Crippen molar-refractivity contribution in [1.29, 1.82) is 0 Å². The Morgan fingerprint density at radius 1 is 1.33 bits per heavy atom. The first-order valence-electron chi connectivity index (χ1n) is 9.88. The fourth-order valence-corrected chi connectivity index (χ4v) is 3.88. The van der Waals surface area contributed by atoms with Crippen LogP contribution in [0.4, 0.5) is 11.8 Å². The maximum atomic E-state index is 9.58. The molecule has 4 rings (SSSR count). The summed E-state index contributed by atoms with van der Waals surface area (Å²) in [6.07, 6.45) is 11.4. The zero-order valence-corrected chi connectivity index (χ0v) is 16.3. The molecule has 0 bridgehead atoms. The molecule has 1 aliphatic heterocycles. The summed E-state index contributed by atoms with van der Waals surface area (Å²) in [5.41, 5.74) is 2.99. The molecule has 1 saturated heterocycles. The van der Waals surface area contributed by atoms with Gasteiger partial charge in [-0.2, -0.15) is 9.97 Å². The van der Waals surface area contributed by atoms with Gasteiger partial charge in [-0.3, -0.25) is 0 Å². The number of nitrogens with one attached hydrogen (secondary N) is 1. The average Bonchev–Trinajstić information content (AvgIpc) is 3.29. The molecule has 2 aromatic rings. The zero-order valence-electron chi connectivity index (χ0n) is 16.3. The van der Waals surface area contributed by atoms with Crippen LogP contribution in [0, 0.1) is 5.92 Å². The maximum Gasteiger partial charge on any atom is 0.227 e. The quantitative estimate of drug-likeness (QED) is 0.815. The van der Waals surface area contributed by atoms with Crippen molar-refractivity contribution in [2.75, 3.05) is 23.4 Å². The van der Waals surface area contributed by atoms with Crippen LogP contribution in [0.2, 0.25) is 0 Å². The van der Waals surface area contributed by atoms with Crippen molar-refractivity contribution in [2.45, 2.75) is 52.1 Å². The van der Waals surface area contributed by atoms with E-state index in [1.54, 1.807) is 0 Å². The highest BCUT2D eigenvalue weighted by atomic mass is 16.3. The van der Waals surface area contributed by atoms with Crippen molar-refractivity contribution >= 4 is 22.9 Å². The molecule has 2 atom stereocenters. The second-order valence-electron chi connectivity index (χ2n) is 7.61. The molecule has 2 aromatic heterocycles. The molecule has 7 heteroatoms. The minimum atomic E-state index is -0.0612. The molecule has 1 aliphatic carbocycles. The van der Waals surface area contributed by atoms with E-state index in [4.69, 9.17) is 9.97 Å². The Balaban J connectivity index is 1.83. The molecule has 0 saturated carbocycles. The molecule has 7 nitrogen and oxygen atoms in total. The Hall–Kier alpha value is -2.41. The second kappa shape index (κ2) is 7.31. The summed E-state index contributed by atoms with van der Waals surface area (Å²) in [5, 5.41) is 12.9. The number of aromatic nitrogens is 4. The maximum absolute atomic E-state index is 9.58. The Morgan fingerprint density at radius 3 is 2.93 bits per heavy atom. The zero-order chi connectivity index (χ0) is 19.0. The van der Waals surface area contributed by atoms with Crippen LogP contribution in [0.15, 0.2) is 30.3 Å². The van der Waals surface area contributed by atoms with Crippen LogP contribution < -0.4 is 10.2 Å². The van der Waals surface area contributed by atoms with E-state index in [2.05, 4.69) is 51.8 Å². The number of fused-ring (bicyclic) bond motifs is 2. The van der Waals surface area contributed by atoms with Crippen LogP contribution in [0.25, 0.3) is 11.2 Å². The smallest absolute Gasteiger partial charge is 0.227 e. The molecule has 0 amide bonds. The first-order valence-corrected chi connectivity index (χ1v) is 9.88. The highest BCUT2D eigenvalue weighted by molar-refractivity contribution is 5.86. The van der Waals surface area contributed by atoms with E-state index in [1.807, 2.05) is 13.3 Å². The van der Waals surface area contributed by atoms with Gasteiger partial charge in [-0.25, -0.2) is 4.98 Å². The van der Waals surface area contributed by atoms with Crippen molar-refractivity contribution < 1.29 is 5.11 Å². The highest BCUT2D eigenvalue weighted by Gasteiger charge is 2.32. The Labute approximate surface area is 159 Å². The summed E-state index contributed by atoms with van der Waals surface area (Å²) in [6, 6.07) is 0.197. The number of nitrogens with zero attached hydrogens (tertiary/aromatic N) is 5. The molecule has 1 fully saturated rings. The van der Waals surface area contributed by atoms with Crippen LogP contribution in [0.5, 0.6) is 0 Å². The first kappa shape index (κ1) is 18.0. The lowest BCUT2D eigenvalue weighted by atomic mass is 9.97. The number of aliphatic hydroxyl groups is 1. The van der Waals surface area contributed by atoms with Gasteiger partial charge in [-0.05, 0) is 39.2 Å².